The Kier molecular flexibility index (Phi) is 3.10. The number of H-pyrrole nitrogens is 1. The standard InChI is InChI=1S/C10H14N4O3/c1-7-6-11-4-5-13(7)10(15)8-2-3-9(12-8)14(16)17/h2-3,7,11-12H,4-6H2,1H3/t7-/m1/s1. The zero-order valence-corrected chi connectivity index (χ0v) is 9.47. The van der Waals surface area contributed by atoms with Crippen LogP contribution in [-0.4, -0.2) is 46.4 Å². The average molecular weight is 238 g/mol. The van der Waals surface area contributed by atoms with Crippen molar-refractivity contribution in [1.29, 1.82) is 0 Å². The number of carbonyl (C=O) groups excluding carboxylic acids is 1. The molecule has 1 aliphatic rings. The van der Waals surface area contributed by atoms with Crippen LogP contribution < -0.4 is 5.32 Å². The number of hydrogen-bond acceptors (Lipinski definition) is 4. The molecule has 2 rings (SSSR count). The van der Waals surface area contributed by atoms with Crippen LogP contribution in [0.1, 0.15) is 17.4 Å². The van der Waals surface area contributed by atoms with Crippen LogP contribution in [-0.2, 0) is 0 Å². The molecule has 17 heavy (non-hydrogen) atoms. The molecule has 0 aliphatic carbocycles. The van der Waals surface area contributed by atoms with Crippen molar-refractivity contribution in [2.45, 2.75) is 13.0 Å². The van der Waals surface area contributed by atoms with Crippen LogP contribution in [0.4, 0.5) is 5.82 Å². The average Bonchev–Trinajstić information content (AvgIpc) is 2.78. The van der Waals surface area contributed by atoms with E-state index in [1.165, 1.54) is 12.1 Å². The van der Waals surface area contributed by atoms with Crippen LogP contribution in [0.15, 0.2) is 12.1 Å². The first-order valence-electron chi connectivity index (χ1n) is 5.44. The maximum absolute atomic E-state index is 12.1. The second-order valence-electron chi connectivity index (χ2n) is 4.07. The van der Waals surface area contributed by atoms with Crippen molar-refractivity contribution in [2.75, 3.05) is 19.6 Å². The molecule has 1 atom stereocenters. The summed E-state index contributed by atoms with van der Waals surface area (Å²) in [5, 5.41) is 13.7. The summed E-state index contributed by atoms with van der Waals surface area (Å²) in [4.78, 5) is 26.3. The number of hydrogen-bond donors (Lipinski definition) is 2. The van der Waals surface area contributed by atoms with Crippen LogP contribution in [0.3, 0.4) is 0 Å². The summed E-state index contributed by atoms with van der Waals surface area (Å²) < 4.78 is 0. The minimum atomic E-state index is -0.544. The fourth-order valence-corrected chi connectivity index (χ4v) is 1.91. The molecule has 2 N–H and O–H groups in total. The Morgan fingerprint density at radius 2 is 2.35 bits per heavy atom. The molecule has 0 spiro atoms. The van der Waals surface area contributed by atoms with Gasteiger partial charge in [0, 0.05) is 31.7 Å². The van der Waals surface area contributed by atoms with Crippen molar-refractivity contribution in [1.82, 2.24) is 15.2 Å². The Morgan fingerprint density at radius 1 is 1.59 bits per heavy atom. The van der Waals surface area contributed by atoms with E-state index in [1.54, 1.807) is 4.90 Å². The molecule has 7 heteroatoms. The Morgan fingerprint density at radius 3 is 2.94 bits per heavy atom. The molecule has 0 bridgehead atoms. The third kappa shape index (κ3) is 2.28. The van der Waals surface area contributed by atoms with Crippen molar-refractivity contribution >= 4 is 11.7 Å². The summed E-state index contributed by atoms with van der Waals surface area (Å²) in [6.07, 6.45) is 0. The van der Waals surface area contributed by atoms with Gasteiger partial charge < -0.3 is 20.3 Å². The number of aromatic nitrogens is 1. The maximum atomic E-state index is 12.1. The SMILES string of the molecule is C[C@@H]1CNCCN1C(=O)c1ccc([N+](=O)[O-])[nH]1. The molecule has 1 saturated heterocycles. The Labute approximate surface area is 97.9 Å². The summed E-state index contributed by atoms with van der Waals surface area (Å²) in [6.45, 7) is 4.06. The second kappa shape index (κ2) is 4.54. The minimum Gasteiger partial charge on any atom is -0.358 e. The lowest BCUT2D eigenvalue weighted by Gasteiger charge is -2.33. The van der Waals surface area contributed by atoms with E-state index in [0.717, 1.165) is 13.1 Å². The van der Waals surface area contributed by atoms with E-state index >= 15 is 0 Å². The van der Waals surface area contributed by atoms with E-state index in [1.807, 2.05) is 6.92 Å². The molecule has 0 radical (unpaired) electrons. The summed E-state index contributed by atoms with van der Waals surface area (Å²) in [6, 6.07) is 2.86. The highest BCUT2D eigenvalue weighted by Gasteiger charge is 2.27. The highest BCUT2D eigenvalue weighted by atomic mass is 16.6. The van der Waals surface area contributed by atoms with Gasteiger partial charge in [-0.05, 0) is 17.9 Å². The number of piperazine rings is 1. The Balaban J connectivity index is 2.15. The number of nitro groups is 1. The van der Waals surface area contributed by atoms with E-state index in [2.05, 4.69) is 10.3 Å². The lowest BCUT2D eigenvalue weighted by atomic mass is 10.2. The van der Waals surface area contributed by atoms with Crippen molar-refractivity contribution in [3.63, 3.8) is 0 Å². The molecule has 1 amide bonds. The maximum Gasteiger partial charge on any atom is 0.321 e. The van der Waals surface area contributed by atoms with Crippen LogP contribution in [0.2, 0.25) is 0 Å². The van der Waals surface area contributed by atoms with Crippen LogP contribution >= 0.6 is 0 Å². The summed E-state index contributed by atoms with van der Waals surface area (Å²) in [5.41, 5.74) is 0.269. The number of nitrogens with zero attached hydrogens (tertiary/aromatic N) is 2. The molecular formula is C10H14N4O3. The fourth-order valence-electron chi connectivity index (χ4n) is 1.91. The lowest BCUT2D eigenvalue weighted by Crippen LogP contribution is -2.52. The highest BCUT2D eigenvalue weighted by molar-refractivity contribution is 5.93. The molecule has 92 valence electrons. The molecule has 0 saturated carbocycles. The minimum absolute atomic E-state index is 0.0959. The number of amides is 1. The van der Waals surface area contributed by atoms with E-state index in [4.69, 9.17) is 0 Å². The van der Waals surface area contributed by atoms with Gasteiger partial charge in [-0.3, -0.25) is 4.79 Å². The van der Waals surface area contributed by atoms with Gasteiger partial charge in [-0.15, -0.1) is 0 Å². The normalized spacial score (nSPS) is 20.3. The van der Waals surface area contributed by atoms with Gasteiger partial charge in [0.05, 0.1) is 0 Å². The molecule has 0 aromatic carbocycles. The molecular weight excluding hydrogens is 224 g/mol. The van der Waals surface area contributed by atoms with Crippen molar-refractivity contribution < 1.29 is 9.72 Å². The fraction of sp³-hybridized carbons (Fsp3) is 0.500. The number of carbonyl (C=O) groups is 1. The zero-order chi connectivity index (χ0) is 12.4. The summed E-state index contributed by atoms with van der Waals surface area (Å²) in [5.74, 6) is -0.344. The Bertz CT molecular complexity index is 443. The van der Waals surface area contributed by atoms with Gasteiger partial charge in [0.2, 0.25) is 0 Å². The number of nitrogens with one attached hydrogen (secondary N) is 2. The van der Waals surface area contributed by atoms with Gasteiger partial charge >= 0.3 is 5.82 Å². The smallest absolute Gasteiger partial charge is 0.321 e. The van der Waals surface area contributed by atoms with Gasteiger partial charge in [0.15, 0.2) is 5.69 Å². The summed E-state index contributed by atoms with van der Waals surface area (Å²) in [7, 11) is 0. The topological polar surface area (TPSA) is 91.3 Å². The van der Waals surface area contributed by atoms with Gasteiger partial charge in [-0.25, -0.2) is 4.98 Å². The molecule has 1 aromatic heterocycles. The molecule has 1 aliphatic heterocycles. The second-order valence-corrected chi connectivity index (χ2v) is 4.07. The van der Waals surface area contributed by atoms with E-state index < -0.39 is 4.92 Å². The Hall–Kier alpha value is -1.89. The van der Waals surface area contributed by atoms with Crippen molar-refractivity contribution in [3.05, 3.63) is 27.9 Å². The van der Waals surface area contributed by atoms with E-state index in [0.29, 0.717) is 6.54 Å². The number of rotatable bonds is 2. The first-order valence-corrected chi connectivity index (χ1v) is 5.44. The van der Waals surface area contributed by atoms with Gasteiger partial charge in [-0.1, -0.05) is 0 Å². The van der Waals surface area contributed by atoms with E-state index in [-0.39, 0.29) is 23.5 Å². The monoisotopic (exact) mass is 238 g/mol. The third-order valence-corrected chi connectivity index (χ3v) is 2.86. The van der Waals surface area contributed by atoms with Crippen LogP contribution in [0.5, 0.6) is 0 Å². The predicted octanol–water partition coefficient (Wildman–Crippen LogP) is 0.357. The highest BCUT2D eigenvalue weighted by Crippen LogP contribution is 2.14. The van der Waals surface area contributed by atoms with Gasteiger partial charge in [0.25, 0.3) is 5.91 Å². The number of aromatic amines is 1. The first kappa shape index (κ1) is 11.6. The molecule has 1 fully saturated rings. The van der Waals surface area contributed by atoms with Crippen molar-refractivity contribution in [3.8, 4) is 0 Å². The largest absolute Gasteiger partial charge is 0.358 e. The van der Waals surface area contributed by atoms with Crippen molar-refractivity contribution in [2.24, 2.45) is 0 Å². The molecule has 0 unspecified atom stereocenters. The third-order valence-electron chi connectivity index (χ3n) is 2.86. The lowest BCUT2D eigenvalue weighted by molar-refractivity contribution is -0.389. The van der Waals surface area contributed by atoms with Crippen LogP contribution in [0.25, 0.3) is 0 Å². The van der Waals surface area contributed by atoms with Gasteiger partial charge in [0.1, 0.15) is 0 Å². The molecule has 2 heterocycles. The molecule has 1 aromatic rings. The quantitative estimate of drug-likeness (QED) is 0.574. The van der Waals surface area contributed by atoms with Crippen LogP contribution in [0, 0.1) is 10.1 Å². The predicted molar refractivity (Wildman–Crippen MR) is 60.8 cm³/mol. The summed E-state index contributed by atoms with van der Waals surface area (Å²) >= 11 is 0. The molecule has 7 nitrogen and oxygen atoms in total. The zero-order valence-electron chi connectivity index (χ0n) is 9.47. The van der Waals surface area contributed by atoms with E-state index in [9.17, 15) is 14.9 Å². The van der Waals surface area contributed by atoms with Gasteiger partial charge in [-0.2, -0.15) is 0 Å². The first-order chi connectivity index (χ1) is 8.09.